The first-order chi connectivity index (χ1) is 10.8. The van der Waals surface area contributed by atoms with Crippen molar-refractivity contribution in [3.05, 3.63) is 35.9 Å². The maximum Gasteiger partial charge on any atom is 0.325 e. The third kappa shape index (κ3) is 3.88. The highest BCUT2D eigenvalue weighted by Gasteiger charge is 2.45. The molecule has 0 aliphatic carbocycles. The Hall–Kier alpha value is -2.37. The highest BCUT2D eigenvalue weighted by Crippen LogP contribution is 2.19. The molecule has 1 atom stereocenters. The number of carbonyl (C=O) groups is 3. The Bertz CT molecular complexity index is 586. The van der Waals surface area contributed by atoms with Gasteiger partial charge in [-0.05, 0) is 32.3 Å². The highest BCUT2D eigenvalue weighted by atomic mass is 16.2. The van der Waals surface area contributed by atoms with Gasteiger partial charge in [-0.2, -0.15) is 0 Å². The number of benzene rings is 1. The Morgan fingerprint density at radius 2 is 1.91 bits per heavy atom. The minimum absolute atomic E-state index is 0.205. The van der Waals surface area contributed by atoms with E-state index in [1.807, 2.05) is 30.3 Å². The van der Waals surface area contributed by atoms with E-state index in [0.29, 0.717) is 6.42 Å². The molecule has 1 aliphatic rings. The molecule has 0 radical (unpaired) electrons. The molecular weight excluding hydrogens is 294 g/mol. The molecule has 0 bridgehead atoms. The summed E-state index contributed by atoms with van der Waals surface area (Å²) in [6, 6.07) is 9.32. The summed E-state index contributed by atoms with van der Waals surface area (Å²) in [5, 5.41) is 2.66. The molecule has 1 aromatic rings. The third-order valence-electron chi connectivity index (χ3n) is 4.19. The molecule has 6 heteroatoms. The fourth-order valence-corrected chi connectivity index (χ4v) is 2.68. The lowest BCUT2D eigenvalue weighted by Crippen LogP contribution is -2.45. The average Bonchev–Trinajstić information content (AvgIpc) is 2.72. The van der Waals surface area contributed by atoms with Crippen molar-refractivity contribution in [2.24, 2.45) is 0 Å². The van der Waals surface area contributed by atoms with E-state index in [9.17, 15) is 14.4 Å². The van der Waals surface area contributed by atoms with E-state index < -0.39 is 11.6 Å². The number of aryl methyl sites for hydroxylation is 1. The van der Waals surface area contributed by atoms with Crippen molar-refractivity contribution >= 4 is 18.3 Å². The fourth-order valence-electron chi connectivity index (χ4n) is 2.68. The van der Waals surface area contributed by atoms with E-state index in [-0.39, 0.29) is 18.5 Å². The summed E-state index contributed by atoms with van der Waals surface area (Å²) in [6.45, 7) is 3.56. The minimum Gasteiger partial charge on any atom is -0.344 e. The number of rotatable bonds is 7. The average molecular weight is 317 g/mol. The summed E-state index contributed by atoms with van der Waals surface area (Å²) in [4.78, 5) is 38.2. The van der Waals surface area contributed by atoms with Crippen LogP contribution in [-0.2, 0) is 16.0 Å². The first-order valence-corrected chi connectivity index (χ1v) is 7.70. The van der Waals surface area contributed by atoms with E-state index in [1.165, 1.54) is 9.80 Å². The van der Waals surface area contributed by atoms with Gasteiger partial charge in [0.2, 0.25) is 6.41 Å². The van der Waals surface area contributed by atoms with Gasteiger partial charge in [0.1, 0.15) is 5.54 Å². The normalized spacial score (nSPS) is 17.8. The van der Waals surface area contributed by atoms with Crippen molar-refractivity contribution in [2.45, 2.75) is 38.3 Å². The van der Waals surface area contributed by atoms with Crippen LogP contribution in [0.25, 0.3) is 0 Å². The number of nitrogens with zero attached hydrogens (tertiary/aromatic N) is 2. The molecular formula is C17H23N3O3. The van der Waals surface area contributed by atoms with Crippen molar-refractivity contribution in [1.29, 1.82) is 0 Å². The second-order valence-electron chi connectivity index (χ2n) is 6.42. The zero-order chi connectivity index (χ0) is 17.0. The van der Waals surface area contributed by atoms with Crippen LogP contribution in [-0.4, -0.2) is 53.3 Å². The van der Waals surface area contributed by atoms with Crippen molar-refractivity contribution < 1.29 is 14.4 Å². The van der Waals surface area contributed by atoms with Gasteiger partial charge in [-0.3, -0.25) is 14.5 Å². The van der Waals surface area contributed by atoms with Gasteiger partial charge in [-0.1, -0.05) is 30.3 Å². The van der Waals surface area contributed by atoms with Gasteiger partial charge in [-0.15, -0.1) is 0 Å². The third-order valence-corrected chi connectivity index (χ3v) is 4.19. The molecule has 1 fully saturated rings. The molecule has 0 saturated carbocycles. The van der Waals surface area contributed by atoms with Crippen LogP contribution in [0.1, 0.15) is 25.8 Å². The molecule has 1 saturated heterocycles. The molecule has 1 aromatic carbocycles. The molecule has 0 spiro atoms. The van der Waals surface area contributed by atoms with Crippen LogP contribution < -0.4 is 5.32 Å². The minimum atomic E-state index is -0.888. The lowest BCUT2D eigenvalue weighted by molar-refractivity contribution is -0.131. The molecule has 1 unspecified atom stereocenters. The predicted molar refractivity (Wildman–Crippen MR) is 86.7 cm³/mol. The van der Waals surface area contributed by atoms with Gasteiger partial charge in [0, 0.05) is 13.1 Å². The number of hydrogen-bond donors (Lipinski definition) is 1. The Kier molecular flexibility index (Phi) is 5.03. The smallest absolute Gasteiger partial charge is 0.325 e. The molecule has 1 N–H and O–H groups in total. The molecule has 1 aliphatic heterocycles. The second-order valence-corrected chi connectivity index (χ2v) is 6.42. The number of amides is 4. The number of carbonyl (C=O) groups excluding carboxylic acids is 3. The Morgan fingerprint density at radius 1 is 1.26 bits per heavy atom. The van der Waals surface area contributed by atoms with Crippen molar-refractivity contribution in [2.75, 3.05) is 13.6 Å². The van der Waals surface area contributed by atoms with Gasteiger partial charge in [0.15, 0.2) is 0 Å². The topological polar surface area (TPSA) is 69.7 Å². The van der Waals surface area contributed by atoms with Gasteiger partial charge < -0.3 is 10.2 Å². The standard InChI is InChI=1S/C17H23N3O3/c1-17(2)15(22)20(16(23)18-17)11-14(19(3)12-21)10-9-13-7-5-4-6-8-13/h4-8,12,14H,9-11H2,1-3H3,(H,18,23). The van der Waals surface area contributed by atoms with Gasteiger partial charge in [0.25, 0.3) is 5.91 Å². The van der Waals surface area contributed by atoms with Crippen LogP contribution in [0.3, 0.4) is 0 Å². The summed E-state index contributed by atoms with van der Waals surface area (Å²) in [5.74, 6) is -0.258. The monoisotopic (exact) mass is 317 g/mol. The molecule has 23 heavy (non-hydrogen) atoms. The summed E-state index contributed by atoms with van der Waals surface area (Å²) in [7, 11) is 1.67. The number of imide groups is 1. The van der Waals surface area contributed by atoms with Gasteiger partial charge in [-0.25, -0.2) is 4.79 Å². The van der Waals surface area contributed by atoms with Crippen LogP contribution in [0.2, 0.25) is 0 Å². The molecule has 1 heterocycles. The van der Waals surface area contributed by atoms with E-state index in [0.717, 1.165) is 18.4 Å². The first kappa shape index (κ1) is 17.0. The molecule has 6 nitrogen and oxygen atoms in total. The largest absolute Gasteiger partial charge is 0.344 e. The van der Waals surface area contributed by atoms with Crippen LogP contribution in [0.5, 0.6) is 0 Å². The highest BCUT2D eigenvalue weighted by molar-refractivity contribution is 6.06. The molecule has 124 valence electrons. The quantitative estimate of drug-likeness (QED) is 0.610. The maximum absolute atomic E-state index is 12.3. The van der Waals surface area contributed by atoms with E-state index >= 15 is 0 Å². The second kappa shape index (κ2) is 6.81. The number of hydrogen-bond acceptors (Lipinski definition) is 3. The summed E-state index contributed by atoms with van der Waals surface area (Å²) < 4.78 is 0. The first-order valence-electron chi connectivity index (χ1n) is 7.70. The fraction of sp³-hybridized carbons (Fsp3) is 0.471. The van der Waals surface area contributed by atoms with E-state index in [4.69, 9.17) is 0 Å². The molecule has 4 amide bonds. The van der Waals surface area contributed by atoms with Gasteiger partial charge >= 0.3 is 6.03 Å². The van der Waals surface area contributed by atoms with Crippen LogP contribution in [0, 0.1) is 0 Å². The maximum atomic E-state index is 12.3. The van der Waals surface area contributed by atoms with Crippen LogP contribution >= 0.6 is 0 Å². The molecule has 2 rings (SSSR count). The predicted octanol–water partition coefficient (Wildman–Crippen LogP) is 1.41. The SMILES string of the molecule is CN(C=O)C(CCc1ccccc1)CN1C(=O)NC(C)(C)C1=O. The Morgan fingerprint density at radius 3 is 2.43 bits per heavy atom. The number of likely N-dealkylation sites (N-methyl/N-ethyl adjacent to an activating group) is 1. The Labute approximate surface area is 136 Å². The number of urea groups is 1. The van der Waals surface area contributed by atoms with Crippen molar-refractivity contribution in [1.82, 2.24) is 15.1 Å². The zero-order valence-corrected chi connectivity index (χ0v) is 13.8. The summed E-state index contributed by atoms with van der Waals surface area (Å²) >= 11 is 0. The van der Waals surface area contributed by atoms with Gasteiger partial charge in [0.05, 0.1) is 6.54 Å². The van der Waals surface area contributed by atoms with E-state index in [2.05, 4.69) is 5.32 Å². The van der Waals surface area contributed by atoms with E-state index in [1.54, 1.807) is 20.9 Å². The van der Waals surface area contributed by atoms with Crippen LogP contribution in [0.4, 0.5) is 4.79 Å². The van der Waals surface area contributed by atoms with Crippen LogP contribution in [0.15, 0.2) is 30.3 Å². The van der Waals surface area contributed by atoms with Crippen molar-refractivity contribution in [3.8, 4) is 0 Å². The Balaban J connectivity index is 2.06. The lowest BCUT2D eigenvalue weighted by atomic mass is 10.0. The summed E-state index contributed by atoms with van der Waals surface area (Å²) in [5.41, 5.74) is 0.273. The molecule has 0 aromatic heterocycles. The summed E-state index contributed by atoms with van der Waals surface area (Å²) in [6.07, 6.45) is 2.19. The van der Waals surface area contributed by atoms with Crippen molar-refractivity contribution in [3.63, 3.8) is 0 Å². The number of nitrogens with one attached hydrogen (secondary N) is 1. The lowest BCUT2D eigenvalue weighted by Gasteiger charge is -2.28. The zero-order valence-electron chi connectivity index (χ0n) is 13.8.